The van der Waals surface area contributed by atoms with Crippen LogP contribution in [0.3, 0.4) is 0 Å². The van der Waals surface area contributed by atoms with Gasteiger partial charge >= 0.3 is 0 Å². The Balaban J connectivity index is 2.57. The first-order chi connectivity index (χ1) is 6.83. The highest BCUT2D eigenvalue weighted by Gasteiger charge is 2.01. The maximum atomic E-state index is 4.65. The van der Waals surface area contributed by atoms with Gasteiger partial charge < -0.3 is 9.40 Å². The third kappa shape index (κ3) is 1.37. The molecule has 2 rings (SSSR count). The lowest BCUT2D eigenvalue weighted by molar-refractivity contribution is 0.215. The summed E-state index contributed by atoms with van der Waals surface area (Å²) in [5.41, 5.74) is 2.23. The summed E-state index contributed by atoms with van der Waals surface area (Å²) in [6.07, 6.45) is 1.71. The zero-order chi connectivity index (χ0) is 9.97. The molecule has 1 aromatic heterocycles. The molecule has 0 aliphatic heterocycles. The van der Waals surface area contributed by atoms with Crippen molar-refractivity contribution in [2.75, 3.05) is 7.11 Å². The van der Waals surface area contributed by atoms with Crippen molar-refractivity contribution in [3.8, 4) is 0 Å². The zero-order valence-corrected chi connectivity index (χ0v) is 8.27. The first kappa shape index (κ1) is 8.81. The lowest BCUT2D eigenvalue weighted by Crippen LogP contribution is -1.94. The molecule has 1 heterocycles. The monoisotopic (exact) mass is 188 g/mol. The second kappa shape index (κ2) is 3.54. The van der Waals surface area contributed by atoms with Crippen LogP contribution in [0.5, 0.6) is 0 Å². The Labute approximate surface area is 82.6 Å². The number of aromatic nitrogens is 1. The van der Waals surface area contributed by atoms with Crippen molar-refractivity contribution in [1.82, 2.24) is 4.57 Å². The number of rotatable bonds is 2. The quantitative estimate of drug-likeness (QED) is 0.524. The van der Waals surface area contributed by atoms with Crippen molar-refractivity contribution in [2.45, 2.75) is 0 Å². The van der Waals surface area contributed by atoms with Crippen LogP contribution < -0.4 is 0 Å². The Kier molecular flexibility index (Phi) is 2.23. The van der Waals surface area contributed by atoms with E-state index in [1.54, 1.807) is 13.3 Å². The first-order valence-corrected chi connectivity index (χ1v) is 4.44. The smallest absolute Gasteiger partial charge is 0.106 e. The highest BCUT2D eigenvalue weighted by molar-refractivity contribution is 5.90. The number of nitrogens with zero attached hydrogens (tertiary/aromatic N) is 2. The summed E-state index contributed by atoms with van der Waals surface area (Å²) in [5, 5.41) is 4.97. The Morgan fingerprint density at radius 2 is 2.14 bits per heavy atom. The lowest BCUT2D eigenvalue weighted by atomic mass is 10.2. The molecule has 0 atom stereocenters. The number of benzene rings is 1. The van der Waals surface area contributed by atoms with E-state index in [0.29, 0.717) is 0 Å². The molecule has 0 saturated heterocycles. The molecule has 0 spiro atoms. The average molecular weight is 188 g/mol. The fraction of sp³-hybridized carbons (Fsp3) is 0.182. The molecule has 0 unspecified atom stereocenters. The van der Waals surface area contributed by atoms with Gasteiger partial charge in [0.05, 0.1) is 11.9 Å². The zero-order valence-electron chi connectivity index (χ0n) is 8.27. The molecular weight excluding hydrogens is 176 g/mol. The highest BCUT2D eigenvalue weighted by Crippen LogP contribution is 2.16. The van der Waals surface area contributed by atoms with Gasteiger partial charge in [-0.2, -0.15) is 0 Å². The van der Waals surface area contributed by atoms with E-state index in [9.17, 15) is 0 Å². The van der Waals surface area contributed by atoms with Crippen molar-refractivity contribution in [3.63, 3.8) is 0 Å². The molecular formula is C11H12N2O. The largest absolute Gasteiger partial charge is 0.399 e. The van der Waals surface area contributed by atoms with Crippen molar-refractivity contribution in [2.24, 2.45) is 12.2 Å². The van der Waals surface area contributed by atoms with E-state index < -0.39 is 0 Å². The van der Waals surface area contributed by atoms with Crippen LogP contribution in [0.4, 0.5) is 0 Å². The van der Waals surface area contributed by atoms with Crippen LogP contribution >= 0.6 is 0 Å². The SMILES string of the molecule is CO/N=C/c1cc2ccccc2n1C. The van der Waals surface area contributed by atoms with E-state index in [1.807, 2.05) is 19.2 Å². The molecule has 2 aromatic rings. The number of oxime groups is 1. The van der Waals surface area contributed by atoms with Crippen LogP contribution in [0.25, 0.3) is 10.9 Å². The van der Waals surface area contributed by atoms with Gasteiger partial charge in [0.2, 0.25) is 0 Å². The van der Waals surface area contributed by atoms with E-state index in [0.717, 1.165) is 5.69 Å². The van der Waals surface area contributed by atoms with Gasteiger partial charge in [-0.3, -0.25) is 0 Å². The number of hydrogen-bond donors (Lipinski definition) is 0. The number of aryl methyl sites for hydroxylation is 1. The molecule has 0 radical (unpaired) electrons. The van der Waals surface area contributed by atoms with Crippen LogP contribution in [0.15, 0.2) is 35.5 Å². The van der Waals surface area contributed by atoms with Gasteiger partial charge in [-0.15, -0.1) is 0 Å². The summed E-state index contributed by atoms with van der Waals surface area (Å²) in [7, 11) is 3.55. The molecule has 0 fully saturated rings. The van der Waals surface area contributed by atoms with Crippen LogP contribution in [0.2, 0.25) is 0 Å². The molecule has 0 aliphatic carbocycles. The molecule has 14 heavy (non-hydrogen) atoms. The van der Waals surface area contributed by atoms with Gasteiger partial charge in [-0.25, -0.2) is 0 Å². The molecule has 0 amide bonds. The third-order valence-corrected chi connectivity index (χ3v) is 2.28. The maximum Gasteiger partial charge on any atom is 0.106 e. The van der Waals surface area contributed by atoms with E-state index in [-0.39, 0.29) is 0 Å². The van der Waals surface area contributed by atoms with Crippen molar-refractivity contribution in [3.05, 3.63) is 36.0 Å². The minimum absolute atomic E-state index is 1.04. The van der Waals surface area contributed by atoms with Gasteiger partial charge in [0.15, 0.2) is 0 Å². The fourth-order valence-electron chi connectivity index (χ4n) is 1.54. The summed E-state index contributed by atoms with van der Waals surface area (Å²) < 4.78 is 2.08. The standard InChI is InChI=1S/C11H12N2O/c1-13-10(8-12-14-2)7-9-5-3-4-6-11(9)13/h3-8H,1-2H3/b12-8+. The molecule has 3 heteroatoms. The predicted molar refractivity (Wildman–Crippen MR) is 57.5 cm³/mol. The second-order valence-corrected chi connectivity index (χ2v) is 3.10. The lowest BCUT2D eigenvalue weighted by Gasteiger charge is -1.97. The van der Waals surface area contributed by atoms with Gasteiger partial charge in [-0.1, -0.05) is 23.4 Å². The van der Waals surface area contributed by atoms with Crippen molar-refractivity contribution >= 4 is 17.1 Å². The Morgan fingerprint density at radius 3 is 2.86 bits per heavy atom. The molecule has 3 nitrogen and oxygen atoms in total. The normalized spacial score (nSPS) is 11.3. The van der Waals surface area contributed by atoms with Gasteiger partial charge in [0.25, 0.3) is 0 Å². The van der Waals surface area contributed by atoms with E-state index in [2.05, 4.69) is 32.8 Å². The molecule has 1 aromatic carbocycles. The van der Waals surface area contributed by atoms with Gasteiger partial charge in [0.1, 0.15) is 7.11 Å². The molecule has 0 saturated carbocycles. The molecule has 0 N–H and O–H groups in total. The molecule has 0 aliphatic rings. The average Bonchev–Trinajstić information content (AvgIpc) is 2.54. The fourth-order valence-corrected chi connectivity index (χ4v) is 1.54. The number of fused-ring (bicyclic) bond motifs is 1. The van der Waals surface area contributed by atoms with Crippen molar-refractivity contribution in [1.29, 1.82) is 0 Å². The number of hydrogen-bond acceptors (Lipinski definition) is 2. The van der Waals surface area contributed by atoms with Crippen LogP contribution in [0, 0.1) is 0 Å². The third-order valence-electron chi connectivity index (χ3n) is 2.28. The van der Waals surface area contributed by atoms with Gasteiger partial charge in [-0.05, 0) is 12.1 Å². The molecule has 72 valence electrons. The Morgan fingerprint density at radius 1 is 1.36 bits per heavy atom. The first-order valence-electron chi connectivity index (χ1n) is 4.44. The predicted octanol–water partition coefficient (Wildman–Crippen LogP) is 2.16. The summed E-state index contributed by atoms with van der Waals surface area (Å²) in [4.78, 5) is 4.65. The highest BCUT2D eigenvalue weighted by atomic mass is 16.6. The van der Waals surface area contributed by atoms with Crippen LogP contribution in [0.1, 0.15) is 5.69 Å². The minimum atomic E-state index is 1.04. The summed E-state index contributed by atoms with van der Waals surface area (Å²) in [5.74, 6) is 0. The Bertz CT molecular complexity index is 471. The summed E-state index contributed by atoms with van der Waals surface area (Å²) >= 11 is 0. The second-order valence-electron chi connectivity index (χ2n) is 3.10. The van der Waals surface area contributed by atoms with Gasteiger partial charge in [0, 0.05) is 18.0 Å². The van der Waals surface area contributed by atoms with E-state index in [1.165, 1.54) is 10.9 Å². The number of para-hydroxylation sites is 1. The van der Waals surface area contributed by atoms with Crippen LogP contribution in [-0.2, 0) is 11.9 Å². The van der Waals surface area contributed by atoms with E-state index in [4.69, 9.17) is 0 Å². The summed E-state index contributed by atoms with van der Waals surface area (Å²) in [6.45, 7) is 0. The van der Waals surface area contributed by atoms with Crippen LogP contribution in [-0.4, -0.2) is 17.9 Å². The van der Waals surface area contributed by atoms with E-state index >= 15 is 0 Å². The maximum absolute atomic E-state index is 4.65. The Hall–Kier alpha value is -1.77. The minimum Gasteiger partial charge on any atom is -0.399 e. The summed E-state index contributed by atoms with van der Waals surface area (Å²) in [6, 6.07) is 10.3. The topological polar surface area (TPSA) is 26.5 Å². The molecule has 0 bridgehead atoms. The van der Waals surface area contributed by atoms with Crippen molar-refractivity contribution < 1.29 is 4.84 Å².